The van der Waals surface area contributed by atoms with E-state index in [0.29, 0.717) is 12.4 Å². The van der Waals surface area contributed by atoms with E-state index >= 15 is 0 Å². The van der Waals surface area contributed by atoms with Crippen molar-refractivity contribution in [2.75, 3.05) is 6.61 Å². The van der Waals surface area contributed by atoms with Gasteiger partial charge in [0.25, 0.3) is 0 Å². The van der Waals surface area contributed by atoms with Gasteiger partial charge in [0.2, 0.25) is 0 Å². The summed E-state index contributed by atoms with van der Waals surface area (Å²) in [7, 11) is 0. The molecule has 0 bridgehead atoms. The van der Waals surface area contributed by atoms with Crippen molar-refractivity contribution in [2.24, 2.45) is 5.41 Å². The normalized spacial score (nSPS) is 11.6. The summed E-state index contributed by atoms with van der Waals surface area (Å²) in [6.45, 7) is 9.01. The average Bonchev–Trinajstić information content (AvgIpc) is 2.14. The summed E-state index contributed by atoms with van der Waals surface area (Å²) < 4.78 is 18.9. The maximum Gasteiger partial charge on any atom is 0.165 e. The fourth-order valence-corrected chi connectivity index (χ4v) is 1.60. The Hall–Kier alpha value is -1.05. The topological polar surface area (TPSA) is 9.23 Å². The van der Waals surface area contributed by atoms with Gasteiger partial charge in [-0.15, -0.1) is 0 Å². The zero-order valence-corrected chi connectivity index (χ0v) is 10.6. The molecule has 0 N–H and O–H groups in total. The van der Waals surface area contributed by atoms with Gasteiger partial charge in [0, 0.05) is 0 Å². The van der Waals surface area contributed by atoms with Gasteiger partial charge in [-0.2, -0.15) is 0 Å². The number of hydrogen-bond donors (Lipinski definition) is 0. The molecule has 0 amide bonds. The lowest BCUT2D eigenvalue weighted by Crippen LogP contribution is -2.09. The summed E-state index contributed by atoms with van der Waals surface area (Å²) in [5.41, 5.74) is 1.20. The van der Waals surface area contributed by atoms with Gasteiger partial charge in [-0.25, -0.2) is 4.39 Å². The van der Waals surface area contributed by atoms with E-state index in [1.807, 2.05) is 13.0 Å². The Labute approximate surface area is 97.6 Å². The molecule has 90 valence electrons. The molecule has 0 atom stereocenters. The maximum atomic E-state index is 13.6. The minimum atomic E-state index is -0.254. The van der Waals surface area contributed by atoms with Crippen molar-refractivity contribution in [2.45, 2.75) is 40.5 Å². The molecular formula is C14H21FO. The molecule has 0 unspecified atom stereocenters. The van der Waals surface area contributed by atoms with Crippen LogP contribution in [0.1, 0.15) is 39.7 Å². The largest absolute Gasteiger partial charge is 0.491 e. The first-order valence-corrected chi connectivity index (χ1v) is 5.83. The molecule has 1 aromatic rings. The molecule has 0 radical (unpaired) electrons. The van der Waals surface area contributed by atoms with Gasteiger partial charge < -0.3 is 4.74 Å². The standard InChI is InChI=1S/C14H21FO/c1-5-8-16-13-7-6-11(9-12(13)15)10-14(2,3)4/h6-7,9H,5,8,10H2,1-4H3. The summed E-state index contributed by atoms with van der Waals surface area (Å²) in [4.78, 5) is 0. The summed E-state index contributed by atoms with van der Waals surface area (Å²) in [6, 6.07) is 5.25. The molecule has 0 aliphatic heterocycles. The van der Waals surface area contributed by atoms with Crippen LogP contribution in [-0.4, -0.2) is 6.61 Å². The first-order chi connectivity index (χ1) is 7.42. The van der Waals surface area contributed by atoms with E-state index in [1.165, 1.54) is 0 Å². The van der Waals surface area contributed by atoms with Crippen LogP contribution in [0.5, 0.6) is 5.75 Å². The van der Waals surface area contributed by atoms with Gasteiger partial charge in [-0.3, -0.25) is 0 Å². The van der Waals surface area contributed by atoms with Gasteiger partial charge in [-0.05, 0) is 36.0 Å². The van der Waals surface area contributed by atoms with Crippen LogP contribution in [0.15, 0.2) is 18.2 Å². The van der Waals surface area contributed by atoms with Crippen molar-refractivity contribution in [3.05, 3.63) is 29.6 Å². The van der Waals surface area contributed by atoms with Gasteiger partial charge in [0.15, 0.2) is 11.6 Å². The highest BCUT2D eigenvalue weighted by molar-refractivity contribution is 5.29. The van der Waals surface area contributed by atoms with Crippen LogP contribution in [0.25, 0.3) is 0 Å². The zero-order chi connectivity index (χ0) is 12.2. The van der Waals surface area contributed by atoms with Crippen molar-refractivity contribution in [3.63, 3.8) is 0 Å². The molecule has 16 heavy (non-hydrogen) atoms. The summed E-state index contributed by atoms with van der Waals surface area (Å²) in [5.74, 6) is 0.106. The Morgan fingerprint density at radius 2 is 1.94 bits per heavy atom. The van der Waals surface area contributed by atoms with Crippen molar-refractivity contribution in [1.82, 2.24) is 0 Å². The molecule has 0 saturated heterocycles. The molecule has 0 spiro atoms. The molecule has 0 aliphatic rings. The SMILES string of the molecule is CCCOc1ccc(CC(C)(C)C)cc1F. The average molecular weight is 224 g/mol. The van der Waals surface area contributed by atoms with E-state index in [2.05, 4.69) is 20.8 Å². The zero-order valence-electron chi connectivity index (χ0n) is 10.6. The molecule has 0 aromatic heterocycles. The van der Waals surface area contributed by atoms with Crippen LogP contribution in [0, 0.1) is 11.2 Å². The smallest absolute Gasteiger partial charge is 0.165 e. The molecule has 0 fully saturated rings. The third-order valence-corrected chi connectivity index (χ3v) is 2.19. The van der Waals surface area contributed by atoms with E-state index < -0.39 is 0 Å². The molecule has 1 nitrogen and oxygen atoms in total. The van der Waals surface area contributed by atoms with Gasteiger partial charge in [0.1, 0.15) is 0 Å². The molecule has 1 rings (SSSR count). The van der Waals surface area contributed by atoms with Crippen molar-refractivity contribution >= 4 is 0 Å². The predicted molar refractivity (Wildman–Crippen MR) is 65.3 cm³/mol. The molecule has 2 heteroatoms. The van der Waals surface area contributed by atoms with Gasteiger partial charge in [0.05, 0.1) is 6.61 Å². The third kappa shape index (κ3) is 4.21. The quantitative estimate of drug-likeness (QED) is 0.744. The first-order valence-electron chi connectivity index (χ1n) is 5.83. The van der Waals surface area contributed by atoms with Crippen molar-refractivity contribution in [3.8, 4) is 5.75 Å². The van der Waals surface area contributed by atoms with E-state index in [-0.39, 0.29) is 11.2 Å². The lowest BCUT2D eigenvalue weighted by molar-refractivity contribution is 0.301. The van der Waals surface area contributed by atoms with Crippen molar-refractivity contribution < 1.29 is 9.13 Å². The van der Waals surface area contributed by atoms with Crippen LogP contribution >= 0.6 is 0 Å². The van der Waals surface area contributed by atoms with Crippen molar-refractivity contribution in [1.29, 1.82) is 0 Å². The molecule has 0 heterocycles. The number of halogens is 1. The number of ether oxygens (including phenoxy) is 1. The Kier molecular flexibility index (Phi) is 4.34. The second-order valence-corrected chi connectivity index (χ2v) is 5.35. The van der Waals surface area contributed by atoms with E-state index in [9.17, 15) is 4.39 Å². The third-order valence-electron chi connectivity index (χ3n) is 2.19. The molecule has 0 saturated carbocycles. The lowest BCUT2D eigenvalue weighted by Gasteiger charge is -2.18. The second-order valence-electron chi connectivity index (χ2n) is 5.35. The van der Waals surface area contributed by atoms with Crippen LogP contribution in [0.4, 0.5) is 4.39 Å². The second kappa shape index (κ2) is 5.33. The van der Waals surface area contributed by atoms with Gasteiger partial charge >= 0.3 is 0 Å². The highest BCUT2D eigenvalue weighted by atomic mass is 19.1. The van der Waals surface area contributed by atoms with Crippen LogP contribution < -0.4 is 4.74 Å². The van der Waals surface area contributed by atoms with Crippen LogP contribution in [0.2, 0.25) is 0 Å². The Bertz CT molecular complexity index is 339. The van der Waals surface area contributed by atoms with Gasteiger partial charge in [-0.1, -0.05) is 33.8 Å². The van der Waals surface area contributed by atoms with E-state index in [0.717, 1.165) is 18.4 Å². The fourth-order valence-electron chi connectivity index (χ4n) is 1.60. The summed E-state index contributed by atoms with van der Waals surface area (Å²) in [5, 5.41) is 0. The van der Waals surface area contributed by atoms with Crippen LogP contribution in [-0.2, 0) is 6.42 Å². The molecule has 0 aliphatic carbocycles. The van der Waals surface area contributed by atoms with E-state index in [4.69, 9.17) is 4.74 Å². The summed E-state index contributed by atoms with van der Waals surface area (Å²) >= 11 is 0. The lowest BCUT2D eigenvalue weighted by atomic mass is 9.88. The van der Waals surface area contributed by atoms with Crippen LogP contribution in [0.3, 0.4) is 0 Å². The maximum absolute atomic E-state index is 13.6. The molecular weight excluding hydrogens is 203 g/mol. The first kappa shape index (κ1) is 13.0. The highest BCUT2D eigenvalue weighted by Gasteiger charge is 2.13. The minimum Gasteiger partial charge on any atom is -0.491 e. The summed E-state index contributed by atoms with van der Waals surface area (Å²) in [6.07, 6.45) is 1.77. The number of hydrogen-bond acceptors (Lipinski definition) is 1. The number of benzene rings is 1. The predicted octanol–water partition coefficient (Wildman–Crippen LogP) is 4.20. The minimum absolute atomic E-state index is 0.179. The Balaban J connectivity index is 2.74. The monoisotopic (exact) mass is 224 g/mol. The fraction of sp³-hybridized carbons (Fsp3) is 0.571. The number of rotatable bonds is 4. The highest BCUT2D eigenvalue weighted by Crippen LogP contribution is 2.24. The van der Waals surface area contributed by atoms with E-state index in [1.54, 1.807) is 12.1 Å². The molecule has 1 aromatic carbocycles. The Morgan fingerprint density at radius 1 is 1.25 bits per heavy atom. The Morgan fingerprint density at radius 3 is 2.44 bits per heavy atom.